The monoisotopic (exact) mass is 333 g/mol. The highest BCUT2D eigenvalue weighted by atomic mass is 19.1. The third-order valence-electron chi connectivity index (χ3n) is 5.13. The molecule has 0 aromatic heterocycles. The fourth-order valence-corrected chi connectivity index (χ4v) is 3.67. The van der Waals surface area contributed by atoms with Crippen LogP contribution in [-0.4, -0.2) is 54.3 Å². The van der Waals surface area contributed by atoms with Crippen LogP contribution in [0.5, 0.6) is 0 Å². The molecule has 1 aromatic rings. The number of nitrogens with zero attached hydrogens (tertiary/aromatic N) is 2. The van der Waals surface area contributed by atoms with Crippen molar-refractivity contribution in [1.29, 1.82) is 0 Å². The molecule has 1 atom stereocenters. The first-order valence-corrected chi connectivity index (χ1v) is 8.53. The summed E-state index contributed by atoms with van der Waals surface area (Å²) in [6, 6.07) is 5.36. The molecule has 3 rings (SSSR count). The van der Waals surface area contributed by atoms with Crippen molar-refractivity contribution in [1.82, 2.24) is 15.1 Å². The van der Waals surface area contributed by atoms with E-state index in [0.717, 1.165) is 30.6 Å². The minimum atomic E-state index is -0.241. The molecule has 1 aromatic carbocycles. The molecule has 2 heterocycles. The van der Waals surface area contributed by atoms with E-state index >= 15 is 0 Å². The fourth-order valence-electron chi connectivity index (χ4n) is 3.67. The quantitative estimate of drug-likeness (QED) is 0.880. The molecule has 5 nitrogen and oxygen atoms in total. The van der Waals surface area contributed by atoms with Gasteiger partial charge in [-0.05, 0) is 18.1 Å². The van der Waals surface area contributed by atoms with E-state index in [1.54, 1.807) is 13.1 Å². The van der Waals surface area contributed by atoms with Gasteiger partial charge in [0.25, 0.3) is 0 Å². The number of halogens is 1. The molecule has 2 amide bonds. The van der Waals surface area contributed by atoms with Crippen LogP contribution in [0.3, 0.4) is 0 Å². The number of amides is 2. The van der Waals surface area contributed by atoms with Gasteiger partial charge in [0.05, 0.1) is 12.0 Å². The summed E-state index contributed by atoms with van der Waals surface area (Å²) in [7, 11) is 1.60. The average Bonchev–Trinajstić information content (AvgIpc) is 2.92. The van der Waals surface area contributed by atoms with Crippen LogP contribution in [0.4, 0.5) is 4.39 Å². The Morgan fingerprint density at radius 1 is 1.33 bits per heavy atom. The van der Waals surface area contributed by atoms with Crippen LogP contribution >= 0.6 is 0 Å². The van der Waals surface area contributed by atoms with Gasteiger partial charge in [-0.25, -0.2) is 4.39 Å². The Labute approximate surface area is 141 Å². The Hall–Kier alpha value is -1.95. The van der Waals surface area contributed by atoms with Crippen LogP contribution in [0.15, 0.2) is 18.2 Å². The molecule has 0 radical (unpaired) electrons. The van der Waals surface area contributed by atoms with Gasteiger partial charge in [0, 0.05) is 45.2 Å². The van der Waals surface area contributed by atoms with Crippen molar-refractivity contribution in [3.63, 3.8) is 0 Å². The maximum atomic E-state index is 14.1. The topological polar surface area (TPSA) is 52.6 Å². The largest absolute Gasteiger partial charge is 0.359 e. The molecule has 2 aliphatic rings. The van der Waals surface area contributed by atoms with Crippen molar-refractivity contribution in [2.24, 2.45) is 5.92 Å². The molecule has 0 aliphatic carbocycles. The van der Waals surface area contributed by atoms with Gasteiger partial charge in [0.15, 0.2) is 0 Å². The highest BCUT2D eigenvalue weighted by Gasteiger charge is 2.42. The summed E-state index contributed by atoms with van der Waals surface area (Å²) in [5, 5.41) is 2.61. The van der Waals surface area contributed by atoms with E-state index in [1.165, 1.54) is 6.07 Å². The van der Waals surface area contributed by atoms with Crippen molar-refractivity contribution < 1.29 is 14.0 Å². The maximum absolute atomic E-state index is 14.1. The first-order valence-electron chi connectivity index (χ1n) is 8.53. The minimum absolute atomic E-state index is 0.0494. The van der Waals surface area contributed by atoms with Crippen molar-refractivity contribution in [2.45, 2.75) is 32.4 Å². The van der Waals surface area contributed by atoms with E-state index in [9.17, 15) is 14.0 Å². The van der Waals surface area contributed by atoms with E-state index in [-0.39, 0.29) is 29.6 Å². The smallest absolute Gasteiger partial charge is 0.225 e. The normalized spacial score (nSPS) is 21.9. The maximum Gasteiger partial charge on any atom is 0.225 e. The molecule has 1 N–H and O–H groups in total. The lowest BCUT2D eigenvalue weighted by Crippen LogP contribution is -2.59. The molecule has 6 heteroatoms. The van der Waals surface area contributed by atoms with Crippen molar-refractivity contribution in [3.05, 3.63) is 35.1 Å². The van der Waals surface area contributed by atoms with Crippen molar-refractivity contribution in [2.75, 3.05) is 26.7 Å². The zero-order valence-corrected chi connectivity index (χ0v) is 14.2. The fraction of sp³-hybridized carbons (Fsp3) is 0.556. The van der Waals surface area contributed by atoms with Crippen molar-refractivity contribution in [3.8, 4) is 0 Å². The molecule has 1 unspecified atom stereocenters. The Kier molecular flexibility index (Phi) is 4.85. The summed E-state index contributed by atoms with van der Waals surface area (Å²) < 4.78 is 14.1. The van der Waals surface area contributed by atoms with E-state index in [4.69, 9.17) is 0 Å². The molecule has 130 valence electrons. The molecule has 24 heavy (non-hydrogen) atoms. The number of benzene rings is 1. The SMILES string of the molecule is CCc1cccc(F)c1CN1CC(N2CC(C(=O)NC)CC2=O)C1. The lowest BCUT2D eigenvalue weighted by molar-refractivity contribution is -0.133. The zero-order valence-electron chi connectivity index (χ0n) is 14.2. The molecule has 0 saturated carbocycles. The first kappa shape index (κ1) is 16.9. The molecule has 2 fully saturated rings. The third kappa shape index (κ3) is 3.15. The second-order valence-corrected chi connectivity index (χ2v) is 6.64. The van der Waals surface area contributed by atoms with E-state index in [2.05, 4.69) is 10.2 Å². The number of carbonyl (C=O) groups excluding carboxylic acids is 2. The molecule has 2 aliphatic heterocycles. The summed E-state index contributed by atoms with van der Waals surface area (Å²) in [5.41, 5.74) is 1.80. The lowest BCUT2D eigenvalue weighted by Gasteiger charge is -2.44. The highest BCUT2D eigenvalue weighted by molar-refractivity contribution is 5.89. The average molecular weight is 333 g/mol. The molecule has 0 spiro atoms. The Morgan fingerprint density at radius 2 is 2.08 bits per heavy atom. The van der Waals surface area contributed by atoms with Crippen LogP contribution in [0.2, 0.25) is 0 Å². The summed E-state index contributed by atoms with van der Waals surface area (Å²) >= 11 is 0. The van der Waals surface area contributed by atoms with Crippen LogP contribution < -0.4 is 5.32 Å². The minimum Gasteiger partial charge on any atom is -0.359 e. The second-order valence-electron chi connectivity index (χ2n) is 6.64. The second kappa shape index (κ2) is 6.89. The van der Waals surface area contributed by atoms with Crippen molar-refractivity contribution >= 4 is 11.8 Å². The number of hydrogen-bond donors (Lipinski definition) is 1. The van der Waals surface area contributed by atoms with Gasteiger partial charge in [-0.1, -0.05) is 19.1 Å². The highest BCUT2D eigenvalue weighted by Crippen LogP contribution is 2.27. The standard InChI is InChI=1S/C18H24FN3O2/c1-3-12-5-4-6-16(19)15(12)11-21-9-14(10-21)22-8-13(7-17(22)23)18(24)20-2/h4-6,13-14H,3,7-11H2,1-2H3,(H,20,24). The van der Waals surface area contributed by atoms with Crippen LogP contribution in [0.25, 0.3) is 0 Å². The Morgan fingerprint density at radius 3 is 2.75 bits per heavy atom. The van der Waals surface area contributed by atoms with Gasteiger partial charge in [-0.3, -0.25) is 14.5 Å². The van der Waals surface area contributed by atoms with E-state index in [1.807, 2.05) is 17.9 Å². The lowest BCUT2D eigenvalue weighted by atomic mass is 10.0. The number of rotatable bonds is 5. The van der Waals surface area contributed by atoms with Gasteiger partial charge >= 0.3 is 0 Å². The number of aryl methyl sites for hydroxylation is 1. The predicted molar refractivity (Wildman–Crippen MR) is 88.7 cm³/mol. The summed E-state index contributed by atoms with van der Waals surface area (Å²) in [4.78, 5) is 27.8. The van der Waals surface area contributed by atoms with E-state index < -0.39 is 0 Å². The van der Waals surface area contributed by atoms with Gasteiger partial charge < -0.3 is 10.2 Å². The van der Waals surface area contributed by atoms with Gasteiger partial charge in [0.1, 0.15) is 5.82 Å². The summed E-state index contributed by atoms with van der Waals surface area (Å²) in [5.74, 6) is -0.418. The third-order valence-corrected chi connectivity index (χ3v) is 5.13. The number of likely N-dealkylation sites (tertiary alicyclic amines) is 2. The molecule has 0 bridgehead atoms. The first-order chi connectivity index (χ1) is 11.5. The number of nitrogens with one attached hydrogen (secondary N) is 1. The Bertz CT molecular complexity index is 643. The van der Waals surface area contributed by atoms with Gasteiger partial charge in [-0.15, -0.1) is 0 Å². The van der Waals surface area contributed by atoms with Gasteiger partial charge in [-0.2, -0.15) is 0 Å². The van der Waals surface area contributed by atoms with Crippen LogP contribution in [-0.2, 0) is 22.6 Å². The number of hydrogen-bond acceptors (Lipinski definition) is 3. The molecular weight excluding hydrogens is 309 g/mol. The molecular formula is C18H24FN3O2. The predicted octanol–water partition coefficient (Wildman–Crippen LogP) is 1.17. The zero-order chi connectivity index (χ0) is 17.3. The van der Waals surface area contributed by atoms with Crippen LogP contribution in [0, 0.1) is 11.7 Å². The molecule has 2 saturated heterocycles. The van der Waals surface area contributed by atoms with E-state index in [0.29, 0.717) is 19.5 Å². The van der Waals surface area contributed by atoms with Crippen LogP contribution in [0.1, 0.15) is 24.5 Å². The van der Waals surface area contributed by atoms with Gasteiger partial charge in [0.2, 0.25) is 11.8 Å². The Balaban J connectivity index is 1.57. The summed E-state index contributed by atoms with van der Waals surface area (Å²) in [6.45, 7) is 4.58. The summed E-state index contributed by atoms with van der Waals surface area (Å²) in [6.07, 6.45) is 1.10. The number of carbonyl (C=O) groups is 2.